The maximum Gasteiger partial charge on any atom is 0.385 e. The minimum atomic E-state index is -9.32. The van der Waals surface area contributed by atoms with E-state index in [-0.39, 0.29) is 36.4 Å². The van der Waals surface area contributed by atoms with E-state index in [1.807, 2.05) is 0 Å². The van der Waals surface area contributed by atoms with Gasteiger partial charge in [0.05, 0.1) is 0 Å². The van der Waals surface area contributed by atoms with Crippen LogP contribution in [-0.4, -0.2) is 248 Å². The largest absolute Gasteiger partial charge is 0.457 e. The summed E-state index contributed by atoms with van der Waals surface area (Å²) in [6.07, 6.45) is -25.8. The summed E-state index contributed by atoms with van der Waals surface area (Å²) in [5.74, 6) is -249. The van der Waals surface area contributed by atoms with Crippen molar-refractivity contribution in [2.75, 3.05) is 26.4 Å². The standard InChI is InChI=1S/C52H18F64N6O6/c53-15(54)29(69,70)37(85,86)45(101,102)49(109,110)41(93,94)33(77,78)25(61,62)7-123-19-117-20(124-8-26(63,64)34(79,80)42(95,96)50(111,112)46(103,104)38(87,88)30(71,72)16(55)56)120-23(119-19)127-13-5-1-3-11-12(13)4-2-6-14(11)128-24-121-21(125-9-27(65,66)35(81,82)43(97,98)51(113,114)47(105,106)39(89,90)31(73,74)17(57)58)118-22(122-24)126-10-28(67,68)36(83,84)44(99,100)52(115,116)48(107,108)40(91,92)32(75,76)18(59)60/h1-6,15-18H,7-10H2. The van der Waals surface area contributed by atoms with Gasteiger partial charge in [0.1, 0.15) is 11.5 Å². The molecule has 0 radical (unpaired) electrons. The maximum absolute atomic E-state index is 15.0. The number of alkyl halides is 64. The minimum absolute atomic E-state index is 0.0279. The number of fused-ring (bicyclic) bond motifs is 1. The van der Waals surface area contributed by atoms with Crippen molar-refractivity contribution >= 4 is 10.8 Å². The van der Waals surface area contributed by atoms with Crippen LogP contribution in [0, 0.1) is 0 Å². The molecule has 0 aliphatic heterocycles. The lowest BCUT2D eigenvalue weighted by atomic mass is 9.89. The number of halogens is 64. The molecule has 0 aliphatic carbocycles. The summed E-state index contributed by atoms with van der Waals surface area (Å²) in [7, 11) is 0. The highest BCUT2D eigenvalue weighted by molar-refractivity contribution is 5.93. The third kappa shape index (κ3) is 16.3. The molecule has 4 rings (SSSR count). The van der Waals surface area contributed by atoms with Gasteiger partial charge in [-0.25, -0.2) is 35.1 Å². The highest BCUT2D eigenvalue weighted by Gasteiger charge is 2.99. The van der Waals surface area contributed by atoms with Crippen LogP contribution in [-0.2, 0) is 0 Å². The van der Waals surface area contributed by atoms with E-state index >= 15 is 35.1 Å². The molecule has 0 aliphatic rings. The number of hydrogen-bond donors (Lipinski definition) is 0. The fourth-order valence-corrected chi connectivity index (χ4v) is 8.27. The molecule has 0 fully saturated rings. The first-order chi connectivity index (χ1) is 56.0. The summed E-state index contributed by atoms with van der Waals surface area (Å²) >= 11 is 0. The number of aromatic nitrogens is 6. The van der Waals surface area contributed by atoms with Crippen LogP contribution in [0.1, 0.15) is 0 Å². The average Bonchev–Trinajstić information content (AvgIpc) is 0.710. The van der Waals surface area contributed by atoms with Crippen molar-refractivity contribution in [2.45, 2.75) is 192 Å². The zero-order valence-corrected chi connectivity index (χ0v) is 56.9. The Morgan fingerprint density at radius 1 is 0.180 bits per heavy atom. The van der Waals surface area contributed by atoms with Crippen LogP contribution < -0.4 is 28.4 Å². The van der Waals surface area contributed by atoms with Crippen molar-refractivity contribution in [3.05, 3.63) is 36.4 Å². The van der Waals surface area contributed by atoms with Crippen molar-refractivity contribution in [3.8, 4) is 47.6 Å². The van der Waals surface area contributed by atoms with Gasteiger partial charge in [-0.15, -0.1) is 29.9 Å². The van der Waals surface area contributed by atoms with Crippen LogP contribution in [0.5, 0.6) is 47.6 Å². The molecule has 12 nitrogen and oxygen atoms in total. The Morgan fingerprint density at radius 2 is 0.312 bits per heavy atom. The second-order valence-corrected chi connectivity index (χ2v) is 24.3. The average molecular weight is 2040 g/mol. The van der Waals surface area contributed by atoms with Crippen LogP contribution in [0.4, 0.5) is 281 Å². The van der Waals surface area contributed by atoms with E-state index in [9.17, 15) is 246 Å². The van der Waals surface area contributed by atoms with Gasteiger partial charge in [-0.2, -0.15) is 246 Å². The van der Waals surface area contributed by atoms with Crippen molar-refractivity contribution in [2.24, 2.45) is 0 Å². The Hall–Kier alpha value is -8.96. The third-order valence-corrected chi connectivity index (χ3v) is 15.8. The molecule has 740 valence electrons. The molecule has 2 aromatic carbocycles. The van der Waals surface area contributed by atoms with E-state index in [1.54, 1.807) is 0 Å². The van der Waals surface area contributed by atoms with Gasteiger partial charge in [-0.3, -0.25) is 0 Å². The molecule has 2 heterocycles. The quantitative estimate of drug-likeness (QED) is 0.0390. The van der Waals surface area contributed by atoms with Crippen molar-refractivity contribution < 1.29 is 309 Å². The zero-order valence-electron chi connectivity index (χ0n) is 56.9. The van der Waals surface area contributed by atoms with Gasteiger partial charge in [0, 0.05) is 10.8 Å². The molecule has 0 N–H and O–H groups in total. The molecule has 0 amide bonds. The molecular formula is C52H18F64N6O6. The van der Waals surface area contributed by atoms with Crippen LogP contribution in [0.25, 0.3) is 10.8 Å². The maximum atomic E-state index is 15.0. The van der Waals surface area contributed by atoms with Gasteiger partial charge in [-0.1, -0.05) is 24.3 Å². The van der Waals surface area contributed by atoms with E-state index < -0.39 is 276 Å². The molecule has 0 saturated heterocycles. The van der Waals surface area contributed by atoms with E-state index in [0.717, 1.165) is 0 Å². The van der Waals surface area contributed by atoms with E-state index in [2.05, 4.69) is 58.3 Å². The summed E-state index contributed by atoms with van der Waals surface area (Å²) in [4.78, 5) is 13.7. The Kier molecular flexibility index (Phi) is 28.3. The second-order valence-electron chi connectivity index (χ2n) is 24.3. The molecule has 0 atom stereocenters. The summed E-state index contributed by atoms with van der Waals surface area (Å²) in [5.41, 5.74) is 0. The topological polar surface area (TPSA) is 133 Å². The van der Waals surface area contributed by atoms with Gasteiger partial charge in [0.15, 0.2) is 26.4 Å². The molecule has 0 bridgehead atoms. The molecule has 0 saturated carbocycles. The molecule has 4 aromatic rings. The summed E-state index contributed by atoms with van der Waals surface area (Å²) in [6, 6.07) is -17.2. The van der Waals surface area contributed by atoms with Gasteiger partial charge in [0.25, 0.3) is 0 Å². The Bertz CT molecular complexity index is 4060. The minimum Gasteiger partial charge on any atom is -0.457 e. The lowest BCUT2D eigenvalue weighted by Gasteiger charge is -2.42. The van der Waals surface area contributed by atoms with Crippen LogP contribution >= 0.6 is 0 Å². The Balaban J connectivity index is 2.06. The number of benzene rings is 2. The molecular weight excluding hydrogens is 2020 g/mol. The normalized spacial score (nSPS) is 15.8. The zero-order chi connectivity index (χ0) is 102. The first kappa shape index (κ1) is 111. The van der Waals surface area contributed by atoms with Gasteiger partial charge in [0.2, 0.25) is 0 Å². The molecule has 76 heteroatoms. The van der Waals surface area contributed by atoms with Gasteiger partial charge < -0.3 is 28.4 Å². The Labute approximate surface area is 652 Å². The summed E-state index contributed by atoms with van der Waals surface area (Å²) < 4.78 is 925. The smallest absolute Gasteiger partial charge is 0.385 e. The SMILES string of the molecule is FC(F)C(F)(F)C(F)(F)C(F)(F)C(F)(F)C(F)(F)C(F)(F)C(F)(F)COc1nc(OCC(F)(F)C(F)(F)C(F)(F)C(F)(F)C(F)(F)C(F)(F)C(F)(F)C(F)F)nc(Oc2cccc3c(Oc4nc(OCC(F)(F)C(F)(F)C(F)(F)C(F)(F)C(F)(F)C(F)(F)C(F)(F)C(F)F)nc(OCC(F)(F)C(F)(F)C(F)(F)C(F)(F)C(F)(F)C(F)(F)C(F)(F)C(F)F)n4)cccc23)n1. The van der Waals surface area contributed by atoms with Crippen molar-refractivity contribution in [1.82, 2.24) is 29.9 Å². The van der Waals surface area contributed by atoms with Gasteiger partial charge in [-0.05, 0) is 12.1 Å². The third-order valence-electron chi connectivity index (χ3n) is 15.8. The van der Waals surface area contributed by atoms with Crippen LogP contribution in [0.2, 0.25) is 0 Å². The van der Waals surface area contributed by atoms with E-state index in [1.165, 1.54) is 0 Å². The summed E-state index contributed by atoms with van der Waals surface area (Å²) in [5, 5.41) is -2.82. The second kappa shape index (κ2) is 32.5. The fraction of sp³-hybridized carbons (Fsp3) is 0.692. The highest BCUT2D eigenvalue weighted by atomic mass is 19.4. The number of rotatable bonds is 44. The molecule has 2 aromatic heterocycles. The first-order valence-electron chi connectivity index (χ1n) is 29.6. The summed E-state index contributed by atoms with van der Waals surface area (Å²) in [6.45, 7) is -17.7. The fourth-order valence-electron chi connectivity index (χ4n) is 8.27. The Morgan fingerprint density at radius 3 is 0.461 bits per heavy atom. The van der Waals surface area contributed by atoms with E-state index in [4.69, 9.17) is 0 Å². The van der Waals surface area contributed by atoms with Gasteiger partial charge >= 0.3 is 228 Å². The van der Waals surface area contributed by atoms with Crippen molar-refractivity contribution in [3.63, 3.8) is 0 Å². The molecule has 0 unspecified atom stereocenters. The number of hydrogen-bond acceptors (Lipinski definition) is 12. The lowest BCUT2D eigenvalue weighted by molar-refractivity contribution is -0.447. The van der Waals surface area contributed by atoms with Crippen LogP contribution in [0.3, 0.4) is 0 Å². The van der Waals surface area contributed by atoms with Crippen LogP contribution in [0.15, 0.2) is 36.4 Å². The first-order valence-corrected chi connectivity index (χ1v) is 29.6. The molecule has 0 spiro atoms. The predicted molar refractivity (Wildman–Crippen MR) is 268 cm³/mol. The monoisotopic (exact) mass is 2040 g/mol. The van der Waals surface area contributed by atoms with Crippen molar-refractivity contribution in [1.29, 1.82) is 0 Å². The highest BCUT2D eigenvalue weighted by Crippen LogP contribution is 2.69. The predicted octanol–water partition coefficient (Wildman–Crippen LogP) is 23.2. The van der Waals surface area contributed by atoms with E-state index in [0.29, 0.717) is 0 Å². The molecule has 128 heavy (non-hydrogen) atoms. The lowest BCUT2D eigenvalue weighted by Crippen LogP contribution is -2.74. The number of nitrogens with zero attached hydrogens (tertiary/aromatic N) is 6. The number of ether oxygens (including phenoxy) is 6.